The third-order valence-corrected chi connectivity index (χ3v) is 4.18. The van der Waals surface area contributed by atoms with Crippen molar-refractivity contribution in [2.75, 3.05) is 20.7 Å². The Bertz CT molecular complexity index is 511. The molecule has 0 N–H and O–H groups in total. The molecule has 0 saturated heterocycles. The molecular formula is C16H23NO5. The third kappa shape index (κ3) is 3.10. The van der Waals surface area contributed by atoms with Gasteiger partial charge in [-0.1, -0.05) is 18.6 Å². The molecule has 1 heterocycles. The second-order valence-corrected chi connectivity index (χ2v) is 5.69. The average molecular weight is 309 g/mol. The fraction of sp³-hybridized carbons (Fsp3) is 0.625. The number of allylic oxidation sites excluding steroid dienone is 1. The highest BCUT2D eigenvalue weighted by atomic mass is 16.7. The molecule has 6 nitrogen and oxygen atoms in total. The summed E-state index contributed by atoms with van der Waals surface area (Å²) in [5.41, 5.74) is 1.56. The first-order chi connectivity index (χ1) is 10.5. The van der Waals surface area contributed by atoms with Crippen LogP contribution in [0.3, 0.4) is 0 Å². The lowest BCUT2D eigenvalue weighted by molar-refractivity contribution is -0.142. The van der Waals surface area contributed by atoms with Gasteiger partial charge in [-0.15, -0.1) is 0 Å². The number of hydrogen-bond acceptors (Lipinski definition) is 5. The summed E-state index contributed by atoms with van der Waals surface area (Å²) in [5.74, 6) is -0.598. The summed E-state index contributed by atoms with van der Waals surface area (Å²) in [4.78, 5) is 25.4. The third-order valence-electron chi connectivity index (χ3n) is 4.18. The molecule has 0 bridgehead atoms. The fourth-order valence-electron chi connectivity index (χ4n) is 2.98. The number of ether oxygens (including phenoxy) is 3. The maximum absolute atomic E-state index is 12.1. The lowest BCUT2D eigenvalue weighted by Crippen LogP contribution is -2.40. The minimum absolute atomic E-state index is 0.0597. The molecule has 0 radical (unpaired) electrons. The van der Waals surface area contributed by atoms with Crippen molar-refractivity contribution in [2.45, 2.75) is 33.0 Å². The Kier molecular flexibility index (Phi) is 5.11. The molecule has 0 fully saturated rings. The van der Waals surface area contributed by atoms with Gasteiger partial charge in [-0.2, -0.15) is 0 Å². The average Bonchev–Trinajstić information content (AvgIpc) is 2.89. The van der Waals surface area contributed by atoms with Crippen LogP contribution in [0.25, 0.3) is 0 Å². The summed E-state index contributed by atoms with van der Waals surface area (Å²) in [6.07, 6.45) is 3.88. The molecule has 0 aromatic carbocycles. The van der Waals surface area contributed by atoms with Gasteiger partial charge in [0.2, 0.25) is 0 Å². The maximum atomic E-state index is 12.1. The number of nitrogens with zero attached hydrogens (tertiary/aromatic N) is 1. The molecule has 1 amide bonds. The van der Waals surface area contributed by atoms with E-state index in [4.69, 9.17) is 14.2 Å². The Hall–Kier alpha value is -1.98. The van der Waals surface area contributed by atoms with E-state index in [1.165, 1.54) is 18.3 Å². The Morgan fingerprint density at radius 1 is 1.45 bits per heavy atom. The zero-order valence-corrected chi connectivity index (χ0v) is 13.5. The zero-order valence-electron chi connectivity index (χ0n) is 13.5. The molecule has 0 aromatic rings. The van der Waals surface area contributed by atoms with Gasteiger partial charge in [-0.25, -0.2) is 9.59 Å². The van der Waals surface area contributed by atoms with Crippen molar-refractivity contribution in [1.29, 1.82) is 0 Å². The van der Waals surface area contributed by atoms with Gasteiger partial charge in [0, 0.05) is 19.5 Å². The Morgan fingerprint density at radius 2 is 2.18 bits per heavy atom. The van der Waals surface area contributed by atoms with Gasteiger partial charge in [0.25, 0.3) is 6.29 Å². The number of carbonyl (C=O) groups excluding carboxylic acids is 2. The molecule has 0 spiro atoms. The predicted octanol–water partition coefficient (Wildman–Crippen LogP) is 2.46. The summed E-state index contributed by atoms with van der Waals surface area (Å²) in [7, 11) is 3.04. The molecular weight excluding hydrogens is 286 g/mol. The Morgan fingerprint density at radius 3 is 2.82 bits per heavy atom. The van der Waals surface area contributed by atoms with Gasteiger partial charge in [0.1, 0.15) is 0 Å². The number of hydrogen-bond donors (Lipinski definition) is 0. The van der Waals surface area contributed by atoms with Gasteiger partial charge < -0.3 is 19.1 Å². The molecule has 2 rings (SSSR count). The highest BCUT2D eigenvalue weighted by Gasteiger charge is 2.44. The van der Waals surface area contributed by atoms with Gasteiger partial charge in [-0.05, 0) is 19.8 Å². The maximum Gasteiger partial charge on any atom is 0.412 e. The van der Waals surface area contributed by atoms with E-state index in [9.17, 15) is 9.59 Å². The lowest BCUT2D eigenvalue weighted by atomic mass is 9.84. The summed E-state index contributed by atoms with van der Waals surface area (Å²) in [6, 6.07) is 0. The van der Waals surface area contributed by atoms with Crippen LogP contribution in [0.5, 0.6) is 0 Å². The topological polar surface area (TPSA) is 65.1 Å². The number of amides is 1. The summed E-state index contributed by atoms with van der Waals surface area (Å²) in [6.45, 7) is 4.58. The van der Waals surface area contributed by atoms with Crippen LogP contribution in [0.15, 0.2) is 23.5 Å². The van der Waals surface area contributed by atoms with Crippen molar-refractivity contribution in [3.63, 3.8) is 0 Å². The zero-order chi connectivity index (χ0) is 16.3. The lowest BCUT2D eigenvalue weighted by Gasteiger charge is -2.34. The van der Waals surface area contributed by atoms with Crippen molar-refractivity contribution in [2.24, 2.45) is 11.8 Å². The summed E-state index contributed by atoms with van der Waals surface area (Å²) >= 11 is 0. The van der Waals surface area contributed by atoms with E-state index in [-0.39, 0.29) is 11.8 Å². The van der Waals surface area contributed by atoms with Gasteiger partial charge in [0.05, 0.1) is 24.9 Å². The first-order valence-corrected chi connectivity index (χ1v) is 7.51. The fourth-order valence-corrected chi connectivity index (χ4v) is 2.98. The standard InChI is InChI=1S/C16H23NO5/c1-5-8-17(3)16(19)22-15-13-10(2)6-7-11(13)12(9-21-15)14(18)20-4/h6,9,11,13,15H,5,7-8H2,1-4H3. The van der Waals surface area contributed by atoms with Crippen molar-refractivity contribution < 1.29 is 23.8 Å². The number of fused-ring (bicyclic) bond motifs is 1. The monoisotopic (exact) mass is 309 g/mol. The summed E-state index contributed by atoms with van der Waals surface area (Å²) in [5, 5.41) is 0. The highest BCUT2D eigenvalue weighted by Crippen LogP contribution is 2.43. The van der Waals surface area contributed by atoms with Crippen LogP contribution in [0.2, 0.25) is 0 Å². The van der Waals surface area contributed by atoms with Crippen LogP contribution in [-0.4, -0.2) is 44.0 Å². The highest BCUT2D eigenvalue weighted by molar-refractivity contribution is 5.89. The second-order valence-electron chi connectivity index (χ2n) is 5.69. The van der Waals surface area contributed by atoms with Gasteiger partial charge in [-0.3, -0.25) is 0 Å². The number of rotatable bonds is 4. The number of methoxy groups -OCH3 is 1. The van der Waals surface area contributed by atoms with Crippen LogP contribution in [0.1, 0.15) is 26.7 Å². The van der Waals surface area contributed by atoms with E-state index in [2.05, 4.69) is 6.08 Å². The van der Waals surface area contributed by atoms with Crippen LogP contribution in [0, 0.1) is 11.8 Å². The quantitative estimate of drug-likeness (QED) is 0.589. The molecule has 6 heteroatoms. The van der Waals surface area contributed by atoms with E-state index in [0.29, 0.717) is 12.1 Å². The van der Waals surface area contributed by atoms with E-state index in [0.717, 1.165) is 18.4 Å². The molecule has 1 aliphatic heterocycles. The first-order valence-electron chi connectivity index (χ1n) is 7.51. The van der Waals surface area contributed by atoms with Crippen LogP contribution in [0.4, 0.5) is 4.79 Å². The SMILES string of the molecule is CCCN(C)C(=O)OC1OC=C(C(=O)OC)C2CC=C(C)C12. The molecule has 3 atom stereocenters. The van der Waals surface area contributed by atoms with Crippen molar-refractivity contribution in [1.82, 2.24) is 4.90 Å². The number of esters is 1. The Labute approximate surface area is 130 Å². The van der Waals surface area contributed by atoms with E-state index >= 15 is 0 Å². The van der Waals surface area contributed by atoms with E-state index in [1.807, 2.05) is 13.8 Å². The van der Waals surface area contributed by atoms with Crippen molar-refractivity contribution in [3.8, 4) is 0 Å². The predicted molar refractivity (Wildman–Crippen MR) is 79.7 cm³/mol. The van der Waals surface area contributed by atoms with Gasteiger partial charge >= 0.3 is 12.1 Å². The van der Waals surface area contributed by atoms with Crippen LogP contribution >= 0.6 is 0 Å². The second kappa shape index (κ2) is 6.85. The van der Waals surface area contributed by atoms with Crippen molar-refractivity contribution >= 4 is 12.1 Å². The van der Waals surface area contributed by atoms with Crippen molar-refractivity contribution in [3.05, 3.63) is 23.5 Å². The molecule has 3 unspecified atom stereocenters. The molecule has 122 valence electrons. The minimum atomic E-state index is -0.705. The Balaban J connectivity index is 2.13. The van der Waals surface area contributed by atoms with Gasteiger partial charge in [0.15, 0.2) is 0 Å². The normalized spacial score (nSPS) is 26.3. The summed E-state index contributed by atoms with van der Waals surface area (Å²) < 4.78 is 15.8. The van der Waals surface area contributed by atoms with E-state index < -0.39 is 18.4 Å². The smallest absolute Gasteiger partial charge is 0.412 e. The first kappa shape index (κ1) is 16.4. The number of carbonyl (C=O) groups is 2. The molecule has 2 aliphatic rings. The van der Waals surface area contributed by atoms with E-state index in [1.54, 1.807) is 7.05 Å². The van der Waals surface area contributed by atoms with Crippen LogP contribution in [-0.2, 0) is 19.0 Å². The van der Waals surface area contributed by atoms with Crippen LogP contribution < -0.4 is 0 Å². The molecule has 0 saturated carbocycles. The largest absolute Gasteiger partial charge is 0.466 e. The molecule has 0 aromatic heterocycles. The molecule has 1 aliphatic carbocycles. The molecule has 22 heavy (non-hydrogen) atoms. The minimum Gasteiger partial charge on any atom is -0.466 e.